The van der Waals surface area contributed by atoms with Gasteiger partial charge in [0.1, 0.15) is 5.75 Å². The molecule has 1 aliphatic carbocycles. The van der Waals surface area contributed by atoms with Crippen LogP contribution in [0.2, 0.25) is 0 Å². The van der Waals surface area contributed by atoms with E-state index in [2.05, 4.69) is 10.1 Å². The van der Waals surface area contributed by atoms with Gasteiger partial charge in [-0.15, -0.1) is 0 Å². The van der Waals surface area contributed by atoms with Crippen molar-refractivity contribution in [2.75, 3.05) is 0 Å². The molecule has 0 bridgehead atoms. The lowest BCUT2D eigenvalue weighted by atomic mass is 9.89. The van der Waals surface area contributed by atoms with Crippen LogP contribution in [-0.2, 0) is 6.42 Å². The number of nitrogens with zero attached hydrogens (tertiary/aromatic N) is 2. The van der Waals surface area contributed by atoms with Crippen molar-refractivity contribution in [3.8, 4) is 5.75 Å². The highest BCUT2D eigenvalue weighted by atomic mass is 16.5. The summed E-state index contributed by atoms with van der Waals surface area (Å²) in [6, 6.07) is 6.72. The second kappa shape index (κ2) is 6.26. The van der Waals surface area contributed by atoms with Crippen molar-refractivity contribution in [3.63, 3.8) is 0 Å². The fraction of sp³-hybridized carbons (Fsp3) is 0.500. The third-order valence-electron chi connectivity index (χ3n) is 4.14. The highest BCUT2D eigenvalue weighted by Crippen LogP contribution is 2.31. The molecule has 0 spiro atoms. The number of aromatic hydroxyl groups is 1. The third-order valence-corrected chi connectivity index (χ3v) is 4.14. The van der Waals surface area contributed by atoms with E-state index in [1.165, 1.54) is 19.3 Å². The van der Waals surface area contributed by atoms with Crippen LogP contribution in [0.4, 0.5) is 0 Å². The van der Waals surface area contributed by atoms with E-state index in [9.17, 15) is 5.11 Å². The SMILES string of the molecule is N[C@@H](Cc1ccc(O)cc1)c1nc(C2CCCCC2)no1. The van der Waals surface area contributed by atoms with Gasteiger partial charge in [0.25, 0.3) is 0 Å². The number of hydrogen-bond donors (Lipinski definition) is 2. The first kappa shape index (κ1) is 14.1. The number of aromatic nitrogens is 2. The fourth-order valence-corrected chi connectivity index (χ4v) is 2.90. The minimum absolute atomic E-state index is 0.254. The van der Waals surface area contributed by atoms with Crippen molar-refractivity contribution in [3.05, 3.63) is 41.5 Å². The van der Waals surface area contributed by atoms with E-state index in [-0.39, 0.29) is 11.8 Å². The first-order chi connectivity index (χ1) is 10.2. The fourth-order valence-electron chi connectivity index (χ4n) is 2.90. The summed E-state index contributed by atoms with van der Waals surface area (Å²) < 4.78 is 5.34. The lowest BCUT2D eigenvalue weighted by Gasteiger charge is -2.17. The van der Waals surface area contributed by atoms with Crippen LogP contribution in [0.25, 0.3) is 0 Å². The van der Waals surface area contributed by atoms with Crippen molar-refractivity contribution in [2.24, 2.45) is 5.73 Å². The molecule has 1 aromatic carbocycles. The third kappa shape index (κ3) is 3.42. The Balaban J connectivity index is 1.65. The molecule has 112 valence electrons. The van der Waals surface area contributed by atoms with Crippen LogP contribution in [0.1, 0.15) is 61.3 Å². The highest BCUT2D eigenvalue weighted by molar-refractivity contribution is 5.26. The van der Waals surface area contributed by atoms with Gasteiger partial charge < -0.3 is 15.4 Å². The van der Waals surface area contributed by atoms with Crippen LogP contribution in [0.15, 0.2) is 28.8 Å². The van der Waals surface area contributed by atoms with Gasteiger partial charge in [-0.1, -0.05) is 36.6 Å². The van der Waals surface area contributed by atoms with Crippen LogP contribution in [0.3, 0.4) is 0 Å². The molecule has 5 heteroatoms. The number of benzene rings is 1. The lowest BCUT2D eigenvalue weighted by molar-refractivity contribution is 0.341. The van der Waals surface area contributed by atoms with E-state index in [1.54, 1.807) is 12.1 Å². The first-order valence-electron chi connectivity index (χ1n) is 7.59. The maximum absolute atomic E-state index is 9.28. The number of hydrogen-bond acceptors (Lipinski definition) is 5. The van der Waals surface area contributed by atoms with Crippen LogP contribution < -0.4 is 5.73 Å². The summed E-state index contributed by atoms with van der Waals surface area (Å²) >= 11 is 0. The quantitative estimate of drug-likeness (QED) is 0.902. The van der Waals surface area contributed by atoms with E-state index in [0.717, 1.165) is 24.2 Å². The molecule has 1 aromatic heterocycles. The van der Waals surface area contributed by atoms with E-state index in [0.29, 0.717) is 18.2 Å². The van der Waals surface area contributed by atoms with Gasteiger partial charge in [-0.05, 0) is 37.0 Å². The Labute approximate surface area is 124 Å². The lowest BCUT2D eigenvalue weighted by Crippen LogP contribution is -2.14. The molecule has 1 fully saturated rings. The number of rotatable bonds is 4. The summed E-state index contributed by atoms with van der Waals surface area (Å²) in [6.07, 6.45) is 6.70. The van der Waals surface area contributed by atoms with Crippen LogP contribution in [-0.4, -0.2) is 15.2 Å². The predicted molar refractivity (Wildman–Crippen MR) is 78.9 cm³/mol. The molecule has 3 N–H and O–H groups in total. The molecule has 1 heterocycles. The Hall–Kier alpha value is -1.88. The molecule has 5 nitrogen and oxygen atoms in total. The minimum atomic E-state index is -0.306. The maximum Gasteiger partial charge on any atom is 0.243 e. The minimum Gasteiger partial charge on any atom is -0.508 e. The normalized spacial score (nSPS) is 17.8. The van der Waals surface area contributed by atoms with Gasteiger partial charge in [-0.3, -0.25) is 0 Å². The highest BCUT2D eigenvalue weighted by Gasteiger charge is 2.23. The van der Waals surface area contributed by atoms with Gasteiger partial charge in [0.05, 0.1) is 6.04 Å². The van der Waals surface area contributed by atoms with Crippen LogP contribution >= 0.6 is 0 Å². The molecule has 1 atom stereocenters. The van der Waals surface area contributed by atoms with Gasteiger partial charge in [0.2, 0.25) is 5.89 Å². The van der Waals surface area contributed by atoms with Gasteiger partial charge in [0.15, 0.2) is 5.82 Å². The number of phenolic OH excluding ortho intramolecular Hbond substituents is 1. The Kier molecular flexibility index (Phi) is 4.20. The van der Waals surface area contributed by atoms with Crippen LogP contribution in [0, 0.1) is 0 Å². The van der Waals surface area contributed by atoms with Crippen molar-refractivity contribution >= 4 is 0 Å². The van der Waals surface area contributed by atoms with Crippen molar-refractivity contribution in [2.45, 2.75) is 50.5 Å². The van der Waals surface area contributed by atoms with Crippen LogP contribution in [0.5, 0.6) is 5.75 Å². The number of phenols is 1. The summed E-state index contributed by atoms with van der Waals surface area (Å²) in [5.74, 6) is 2.00. The Morgan fingerprint density at radius 1 is 1.19 bits per heavy atom. The summed E-state index contributed by atoms with van der Waals surface area (Å²) in [5, 5.41) is 13.4. The zero-order valence-corrected chi connectivity index (χ0v) is 12.0. The molecule has 21 heavy (non-hydrogen) atoms. The molecule has 1 saturated carbocycles. The molecule has 0 unspecified atom stereocenters. The smallest absolute Gasteiger partial charge is 0.243 e. The van der Waals surface area contributed by atoms with E-state index < -0.39 is 0 Å². The average molecular weight is 287 g/mol. The van der Waals surface area contributed by atoms with Gasteiger partial charge in [-0.25, -0.2) is 0 Å². The largest absolute Gasteiger partial charge is 0.508 e. The summed E-state index contributed by atoms with van der Waals surface area (Å²) in [4.78, 5) is 4.50. The molecule has 0 amide bonds. The average Bonchev–Trinajstić information content (AvgIpc) is 3.00. The Bertz CT molecular complexity index is 573. The molecular weight excluding hydrogens is 266 g/mol. The molecular formula is C16H21N3O2. The second-order valence-electron chi connectivity index (χ2n) is 5.80. The number of nitrogens with two attached hydrogens (primary N) is 1. The van der Waals surface area contributed by atoms with E-state index in [1.807, 2.05) is 12.1 Å². The molecule has 3 rings (SSSR count). The summed E-state index contributed by atoms with van der Waals surface area (Å²) in [7, 11) is 0. The predicted octanol–water partition coefficient (Wildman–Crippen LogP) is 3.07. The van der Waals surface area contributed by atoms with Crippen molar-refractivity contribution < 1.29 is 9.63 Å². The zero-order chi connectivity index (χ0) is 14.7. The maximum atomic E-state index is 9.28. The monoisotopic (exact) mass is 287 g/mol. The van der Waals surface area contributed by atoms with Gasteiger partial charge >= 0.3 is 0 Å². The van der Waals surface area contributed by atoms with Crippen molar-refractivity contribution in [1.29, 1.82) is 0 Å². The van der Waals surface area contributed by atoms with Crippen molar-refractivity contribution in [1.82, 2.24) is 10.1 Å². The molecule has 0 radical (unpaired) electrons. The van der Waals surface area contributed by atoms with E-state index >= 15 is 0 Å². The standard InChI is InChI=1S/C16H21N3O2/c17-14(10-11-6-8-13(20)9-7-11)16-18-15(19-21-16)12-4-2-1-3-5-12/h6-9,12,14,20H,1-5,10,17H2/t14-/m0/s1. The van der Waals surface area contributed by atoms with Gasteiger partial charge in [-0.2, -0.15) is 4.98 Å². The van der Waals surface area contributed by atoms with Gasteiger partial charge in [0, 0.05) is 5.92 Å². The topological polar surface area (TPSA) is 85.2 Å². The Morgan fingerprint density at radius 2 is 1.90 bits per heavy atom. The molecule has 1 aliphatic rings. The molecule has 0 aliphatic heterocycles. The molecule has 2 aromatic rings. The zero-order valence-electron chi connectivity index (χ0n) is 12.0. The summed E-state index contributed by atoms with van der Waals surface area (Å²) in [6.45, 7) is 0. The Morgan fingerprint density at radius 3 is 2.62 bits per heavy atom. The second-order valence-corrected chi connectivity index (χ2v) is 5.80. The van der Waals surface area contributed by atoms with E-state index in [4.69, 9.17) is 10.3 Å². The summed E-state index contributed by atoms with van der Waals surface area (Å²) in [5.41, 5.74) is 7.19. The first-order valence-corrected chi connectivity index (χ1v) is 7.59. The molecule has 0 saturated heterocycles.